The lowest BCUT2D eigenvalue weighted by Gasteiger charge is -2.35. The van der Waals surface area contributed by atoms with E-state index in [1.54, 1.807) is 24.0 Å². The van der Waals surface area contributed by atoms with Gasteiger partial charge in [-0.1, -0.05) is 31.5 Å². The molecule has 1 N–H and O–H groups in total. The molecule has 1 heterocycles. The highest BCUT2D eigenvalue weighted by atomic mass is 32.2. The average Bonchev–Trinajstić information content (AvgIpc) is 2.53. The molecule has 0 radical (unpaired) electrons. The minimum absolute atomic E-state index is 0.125. The van der Waals surface area contributed by atoms with Gasteiger partial charge in [0.15, 0.2) is 0 Å². The van der Waals surface area contributed by atoms with Crippen LogP contribution in [0.15, 0.2) is 23.1 Å². The average molecular weight is 382 g/mol. The maximum atomic E-state index is 13.0. The Labute approximate surface area is 157 Å². The number of carbonyl (C=O) groups excluding carboxylic acids is 1. The molecule has 0 aromatic heterocycles. The van der Waals surface area contributed by atoms with E-state index in [4.69, 9.17) is 0 Å². The predicted octanol–water partition coefficient (Wildman–Crippen LogP) is 1.77. The van der Waals surface area contributed by atoms with E-state index in [0.29, 0.717) is 25.1 Å². The Balaban J connectivity index is 2.22. The van der Waals surface area contributed by atoms with Crippen LogP contribution >= 0.6 is 0 Å². The number of carbonyl (C=O) groups is 1. The Kier molecular flexibility index (Phi) is 6.82. The second kappa shape index (κ2) is 8.50. The number of nitrogens with zero attached hydrogens (tertiary/aromatic N) is 2. The van der Waals surface area contributed by atoms with Crippen molar-refractivity contribution >= 4 is 15.9 Å². The Hall–Kier alpha value is -1.44. The highest BCUT2D eigenvalue weighted by Gasteiger charge is 2.31. The van der Waals surface area contributed by atoms with Gasteiger partial charge >= 0.3 is 0 Å². The van der Waals surface area contributed by atoms with Crippen LogP contribution in [0.25, 0.3) is 0 Å². The highest BCUT2D eigenvalue weighted by molar-refractivity contribution is 7.89. The van der Waals surface area contributed by atoms with Crippen LogP contribution in [0.4, 0.5) is 0 Å². The van der Waals surface area contributed by atoms with Gasteiger partial charge in [-0.15, -0.1) is 0 Å². The maximum absolute atomic E-state index is 13.0. The highest BCUT2D eigenvalue weighted by Crippen LogP contribution is 2.19. The Morgan fingerprint density at radius 1 is 1.15 bits per heavy atom. The molecule has 0 spiro atoms. The molecular weight excluding hydrogens is 350 g/mol. The molecule has 1 aromatic rings. The molecule has 0 unspecified atom stereocenters. The molecule has 1 atom stereocenters. The summed E-state index contributed by atoms with van der Waals surface area (Å²) in [5, 5.41) is 0. The van der Waals surface area contributed by atoms with Crippen molar-refractivity contribution in [3.63, 3.8) is 0 Å². The van der Waals surface area contributed by atoms with Gasteiger partial charge in [0.2, 0.25) is 15.9 Å². The number of hydrogen-bond acceptors (Lipinski definition) is 4. The summed E-state index contributed by atoms with van der Waals surface area (Å²) in [7, 11) is -1.73. The fourth-order valence-electron chi connectivity index (χ4n) is 3.27. The lowest BCUT2D eigenvalue weighted by molar-refractivity contribution is -0.135. The normalized spacial score (nSPS) is 17.5. The first kappa shape index (κ1) is 20.9. The molecule has 146 valence electrons. The predicted molar refractivity (Wildman–Crippen MR) is 104 cm³/mol. The number of nitrogens with one attached hydrogen (secondary N) is 1. The lowest BCUT2D eigenvalue weighted by Crippen LogP contribution is -2.54. The van der Waals surface area contributed by atoms with Crippen molar-refractivity contribution in [2.24, 2.45) is 5.92 Å². The zero-order valence-electron chi connectivity index (χ0n) is 16.4. The number of hydrogen-bond donors (Lipinski definition) is 1. The van der Waals surface area contributed by atoms with Crippen LogP contribution in [0, 0.1) is 19.8 Å². The number of benzene rings is 1. The Bertz CT molecular complexity index is 738. The topological polar surface area (TPSA) is 69.7 Å². The molecule has 0 saturated carbocycles. The maximum Gasteiger partial charge on any atom is 0.241 e. The van der Waals surface area contributed by atoms with E-state index in [1.165, 1.54) is 0 Å². The number of likely N-dealkylation sites (N-methyl/N-ethyl adjacent to an activating group) is 1. The Morgan fingerprint density at radius 3 is 2.31 bits per heavy atom. The number of amides is 1. The number of aryl methyl sites for hydroxylation is 2. The molecule has 0 aliphatic carbocycles. The van der Waals surface area contributed by atoms with Crippen LogP contribution in [-0.4, -0.2) is 63.4 Å². The minimum Gasteiger partial charge on any atom is -0.339 e. The van der Waals surface area contributed by atoms with Crippen LogP contribution in [0.5, 0.6) is 0 Å². The van der Waals surface area contributed by atoms with E-state index in [1.807, 2.05) is 33.9 Å². The summed E-state index contributed by atoms with van der Waals surface area (Å²) in [5.74, 6) is 0.0818. The van der Waals surface area contributed by atoms with Gasteiger partial charge in [-0.05, 0) is 44.9 Å². The minimum atomic E-state index is -3.75. The van der Waals surface area contributed by atoms with Crippen molar-refractivity contribution in [2.45, 2.75) is 45.1 Å². The summed E-state index contributed by atoms with van der Waals surface area (Å²) in [6.45, 7) is 10.6. The number of sulfonamides is 1. The molecule has 0 bridgehead atoms. The summed E-state index contributed by atoms with van der Waals surface area (Å²) < 4.78 is 28.5. The SMILES string of the molecule is Cc1ccc(S(=O)(=O)N[C@H](CC(C)C)C(=O)N2CCN(C)CC2)c(C)c1. The lowest BCUT2D eigenvalue weighted by atomic mass is 10.0. The number of rotatable bonds is 6. The van der Waals surface area contributed by atoms with Crippen molar-refractivity contribution in [2.75, 3.05) is 33.2 Å². The summed E-state index contributed by atoms with van der Waals surface area (Å²) in [6.07, 6.45) is 0.481. The summed E-state index contributed by atoms with van der Waals surface area (Å²) in [6, 6.07) is 4.50. The number of piperazine rings is 1. The van der Waals surface area contributed by atoms with Crippen molar-refractivity contribution in [1.29, 1.82) is 0 Å². The van der Waals surface area contributed by atoms with E-state index in [0.717, 1.165) is 18.7 Å². The van der Waals surface area contributed by atoms with Gasteiger partial charge in [-0.2, -0.15) is 4.72 Å². The van der Waals surface area contributed by atoms with E-state index in [-0.39, 0.29) is 16.7 Å². The van der Waals surface area contributed by atoms with Crippen LogP contribution in [0.1, 0.15) is 31.4 Å². The van der Waals surface area contributed by atoms with Crippen molar-refractivity contribution in [1.82, 2.24) is 14.5 Å². The second-order valence-corrected chi connectivity index (χ2v) is 9.38. The molecule has 26 heavy (non-hydrogen) atoms. The molecule has 7 heteroatoms. The van der Waals surface area contributed by atoms with Crippen LogP contribution < -0.4 is 4.72 Å². The Morgan fingerprint density at radius 2 is 1.77 bits per heavy atom. The van der Waals surface area contributed by atoms with Crippen LogP contribution in [0.2, 0.25) is 0 Å². The summed E-state index contributed by atoms with van der Waals surface area (Å²) >= 11 is 0. The standard InChI is InChI=1S/C19H31N3O3S/c1-14(2)12-17(19(23)22-10-8-21(5)9-11-22)20-26(24,25)18-7-6-15(3)13-16(18)4/h6-7,13-14,17,20H,8-12H2,1-5H3/t17-/m1/s1. The molecule has 6 nitrogen and oxygen atoms in total. The first-order valence-corrected chi connectivity index (χ1v) is 10.7. The van der Waals surface area contributed by atoms with Gasteiger partial charge < -0.3 is 9.80 Å². The van der Waals surface area contributed by atoms with E-state index in [9.17, 15) is 13.2 Å². The van der Waals surface area contributed by atoms with E-state index < -0.39 is 16.1 Å². The van der Waals surface area contributed by atoms with Crippen molar-refractivity contribution in [3.8, 4) is 0 Å². The van der Waals surface area contributed by atoms with Crippen LogP contribution in [0.3, 0.4) is 0 Å². The van der Waals surface area contributed by atoms with Gasteiger partial charge in [-0.25, -0.2) is 8.42 Å². The van der Waals surface area contributed by atoms with E-state index in [2.05, 4.69) is 9.62 Å². The third-order valence-corrected chi connectivity index (χ3v) is 6.37. The summed E-state index contributed by atoms with van der Waals surface area (Å²) in [4.78, 5) is 17.2. The fraction of sp³-hybridized carbons (Fsp3) is 0.632. The molecule has 1 saturated heterocycles. The van der Waals surface area contributed by atoms with Crippen LogP contribution in [-0.2, 0) is 14.8 Å². The first-order chi connectivity index (χ1) is 12.1. The quantitative estimate of drug-likeness (QED) is 0.815. The molecular formula is C19H31N3O3S. The van der Waals surface area contributed by atoms with E-state index >= 15 is 0 Å². The smallest absolute Gasteiger partial charge is 0.241 e. The monoisotopic (exact) mass is 381 g/mol. The zero-order chi connectivity index (χ0) is 19.5. The fourth-order valence-corrected chi connectivity index (χ4v) is 4.70. The first-order valence-electron chi connectivity index (χ1n) is 9.17. The molecule has 1 aliphatic rings. The zero-order valence-corrected chi connectivity index (χ0v) is 17.3. The van der Waals surface area contributed by atoms with Gasteiger partial charge in [0.25, 0.3) is 0 Å². The molecule has 1 aliphatic heterocycles. The summed E-state index contributed by atoms with van der Waals surface area (Å²) in [5.41, 5.74) is 1.70. The molecule has 1 fully saturated rings. The van der Waals surface area contributed by atoms with Gasteiger partial charge in [0, 0.05) is 26.2 Å². The third kappa shape index (κ3) is 5.28. The van der Waals surface area contributed by atoms with Gasteiger partial charge in [0.1, 0.15) is 6.04 Å². The largest absolute Gasteiger partial charge is 0.339 e. The molecule has 2 rings (SSSR count). The van der Waals surface area contributed by atoms with Crippen molar-refractivity contribution in [3.05, 3.63) is 29.3 Å². The van der Waals surface area contributed by atoms with Gasteiger partial charge in [0.05, 0.1) is 4.90 Å². The molecule has 1 aromatic carbocycles. The third-order valence-electron chi connectivity index (χ3n) is 4.74. The molecule has 1 amide bonds. The van der Waals surface area contributed by atoms with Gasteiger partial charge in [-0.3, -0.25) is 4.79 Å². The van der Waals surface area contributed by atoms with Crippen molar-refractivity contribution < 1.29 is 13.2 Å². The second-order valence-electron chi connectivity index (χ2n) is 7.70.